The summed E-state index contributed by atoms with van der Waals surface area (Å²) >= 11 is 0. The van der Waals surface area contributed by atoms with Gasteiger partial charge in [-0.1, -0.05) is 27.2 Å². The van der Waals surface area contributed by atoms with E-state index in [1.807, 2.05) is 0 Å². The standard InChI is InChI=1S/C8H18O/c1-4-7(2)5-8(3)6-9/h7-9H,4-6H2,1-3H3/t7-,8-/m0/s1. The normalized spacial score (nSPS) is 17.3. The fourth-order valence-electron chi connectivity index (χ4n) is 0.928. The molecule has 0 aliphatic heterocycles. The van der Waals surface area contributed by atoms with Crippen LogP contribution in [0.5, 0.6) is 0 Å². The minimum atomic E-state index is 0.338. The Morgan fingerprint density at radius 2 is 1.78 bits per heavy atom. The first-order valence-electron chi connectivity index (χ1n) is 3.81. The van der Waals surface area contributed by atoms with Gasteiger partial charge < -0.3 is 5.11 Å². The maximum atomic E-state index is 8.68. The van der Waals surface area contributed by atoms with Crippen molar-refractivity contribution in [3.63, 3.8) is 0 Å². The van der Waals surface area contributed by atoms with Crippen molar-refractivity contribution < 1.29 is 5.11 Å². The van der Waals surface area contributed by atoms with E-state index in [-0.39, 0.29) is 0 Å². The van der Waals surface area contributed by atoms with Crippen LogP contribution in [0.25, 0.3) is 0 Å². The van der Waals surface area contributed by atoms with Crippen molar-refractivity contribution in [3.05, 3.63) is 0 Å². The van der Waals surface area contributed by atoms with Crippen molar-refractivity contribution in [3.8, 4) is 0 Å². The third-order valence-electron chi connectivity index (χ3n) is 1.81. The molecule has 0 spiro atoms. The third-order valence-corrected chi connectivity index (χ3v) is 1.81. The first kappa shape index (κ1) is 8.96. The quantitative estimate of drug-likeness (QED) is 0.617. The lowest BCUT2D eigenvalue weighted by atomic mass is 9.96. The molecule has 0 radical (unpaired) electrons. The Morgan fingerprint density at radius 1 is 1.22 bits per heavy atom. The van der Waals surface area contributed by atoms with E-state index in [1.165, 1.54) is 6.42 Å². The van der Waals surface area contributed by atoms with Gasteiger partial charge in [-0.15, -0.1) is 0 Å². The molecular formula is C8H18O. The molecule has 0 aliphatic rings. The fourth-order valence-corrected chi connectivity index (χ4v) is 0.928. The largest absolute Gasteiger partial charge is 0.396 e. The van der Waals surface area contributed by atoms with Crippen molar-refractivity contribution in [1.82, 2.24) is 0 Å². The molecule has 0 aliphatic carbocycles. The van der Waals surface area contributed by atoms with E-state index < -0.39 is 0 Å². The average molecular weight is 130 g/mol. The first-order valence-corrected chi connectivity index (χ1v) is 3.81. The highest BCUT2D eigenvalue weighted by atomic mass is 16.3. The van der Waals surface area contributed by atoms with Gasteiger partial charge >= 0.3 is 0 Å². The number of aliphatic hydroxyl groups is 1. The zero-order chi connectivity index (χ0) is 7.28. The fraction of sp³-hybridized carbons (Fsp3) is 1.00. The molecular weight excluding hydrogens is 112 g/mol. The Labute approximate surface area is 58.1 Å². The van der Waals surface area contributed by atoms with Crippen LogP contribution < -0.4 is 0 Å². The summed E-state index contributed by atoms with van der Waals surface area (Å²) in [6.07, 6.45) is 2.39. The van der Waals surface area contributed by atoms with Crippen LogP contribution in [0.3, 0.4) is 0 Å². The topological polar surface area (TPSA) is 20.2 Å². The maximum Gasteiger partial charge on any atom is 0.0456 e. The number of hydrogen-bond acceptors (Lipinski definition) is 1. The maximum absolute atomic E-state index is 8.68. The molecule has 0 bridgehead atoms. The summed E-state index contributed by atoms with van der Waals surface area (Å²) in [6, 6.07) is 0. The summed E-state index contributed by atoms with van der Waals surface area (Å²) < 4.78 is 0. The van der Waals surface area contributed by atoms with Crippen molar-refractivity contribution in [2.75, 3.05) is 6.61 Å². The van der Waals surface area contributed by atoms with Crippen LogP contribution in [0.15, 0.2) is 0 Å². The Morgan fingerprint density at radius 3 is 2.11 bits per heavy atom. The first-order chi connectivity index (χ1) is 4.20. The van der Waals surface area contributed by atoms with E-state index in [4.69, 9.17) is 5.11 Å². The molecule has 0 amide bonds. The Hall–Kier alpha value is -0.0400. The molecule has 0 aromatic heterocycles. The molecule has 0 heterocycles. The molecule has 0 rings (SSSR count). The van der Waals surface area contributed by atoms with Gasteiger partial charge in [0.05, 0.1) is 0 Å². The van der Waals surface area contributed by atoms with Gasteiger partial charge in [0.25, 0.3) is 0 Å². The van der Waals surface area contributed by atoms with Crippen LogP contribution in [-0.2, 0) is 0 Å². The Kier molecular flexibility index (Phi) is 4.78. The van der Waals surface area contributed by atoms with E-state index >= 15 is 0 Å². The van der Waals surface area contributed by atoms with Crippen molar-refractivity contribution >= 4 is 0 Å². The van der Waals surface area contributed by atoms with Crippen LogP contribution in [0, 0.1) is 11.8 Å². The minimum absolute atomic E-state index is 0.338. The van der Waals surface area contributed by atoms with E-state index in [1.54, 1.807) is 0 Å². The average Bonchev–Trinajstić information content (AvgIpc) is 1.87. The molecule has 0 fully saturated rings. The highest BCUT2D eigenvalue weighted by Gasteiger charge is 2.04. The van der Waals surface area contributed by atoms with Crippen LogP contribution in [0.1, 0.15) is 33.6 Å². The second kappa shape index (κ2) is 4.80. The second-order valence-electron chi connectivity index (χ2n) is 3.04. The molecule has 0 saturated carbocycles. The SMILES string of the molecule is CC[C@H](C)C[C@H](C)CO. The van der Waals surface area contributed by atoms with Crippen LogP contribution >= 0.6 is 0 Å². The predicted molar refractivity (Wildman–Crippen MR) is 40.3 cm³/mol. The molecule has 9 heavy (non-hydrogen) atoms. The summed E-state index contributed by atoms with van der Waals surface area (Å²) in [5, 5.41) is 8.68. The zero-order valence-electron chi connectivity index (χ0n) is 6.72. The third kappa shape index (κ3) is 4.46. The summed E-state index contributed by atoms with van der Waals surface area (Å²) in [5.74, 6) is 1.26. The smallest absolute Gasteiger partial charge is 0.0456 e. The predicted octanol–water partition coefficient (Wildman–Crippen LogP) is 2.05. The van der Waals surface area contributed by atoms with Gasteiger partial charge in [0.2, 0.25) is 0 Å². The molecule has 56 valence electrons. The van der Waals surface area contributed by atoms with Crippen LogP contribution in [-0.4, -0.2) is 11.7 Å². The monoisotopic (exact) mass is 130 g/mol. The van der Waals surface area contributed by atoms with Gasteiger partial charge in [-0.2, -0.15) is 0 Å². The number of hydrogen-bond donors (Lipinski definition) is 1. The summed E-state index contributed by atoms with van der Waals surface area (Å²) in [4.78, 5) is 0. The lowest BCUT2D eigenvalue weighted by Crippen LogP contribution is -2.05. The van der Waals surface area contributed by atoms with Gasteiger partial charge in [-0.25, -0.2) is 0 Å². The van der Waals surface area contributed by atoms with E-state index in [0.717, 1.165) is 12.3 Å². The molecule has 0 saturated heterocycles. The molecule has 2 atom stereocenters. The highest BCUT2D eigenvalue weighted by molar-refractivity contribution is 4.55. The van der Waals surface area contributed by atoms with Gasteiger partial charge in [0.15, 0.2) is 0 Å². The van der Waals surface area contributed by atoms with Gasteiger partial charge in [0, 0.05) is 6.61 Å². The van der Waals surface area contributed by atoms with Crippen molar-refractivity contribution in [2.45, 2.75) is 33.6 Å². The zero-order valence-corrected chi connectivity index (χ0v) is 6.72. The second-order valence-corrected chi connectivity index (χ2v) is 3.04. The van der Waals surface area contributed by atoms with Gasteiger partial charge in [0.1, 0.15) is 0 Å². The van der Waals surface area contributed by atoms with Crippen molar-refractivity contribution in [1.29, 1.82) is 0 Å². The minimum Gasteiger partial charge on any atom is -0.396 e. The van der Waals surface area contributed by atoms with Crippen LogP contribution in [0.4, 0.5) is 0 Å². The molecule has 0 unspecified atom stereocenters. The Balaban J connectivity index is 3.22. The number of aliphatic hydroxyl groups excluding tert-OH is 1. The van der Waals surface area contributed by atoms with Gasteiger partial charge in [-0.3, -0.25) is 0 Å². The van der Waals surface area contributed by atoms with E-state index in [0.29, 0.717) is 12.5 Å². The van der Waals surface area contributed by atoms with Crippen molar-refractivity contribution in [2.24, 2.45) is 11.8 Å². The van der Waals surface area contributed by atoms with E-state index in [2.05, 4.69) is 20.8 Å². The summed E-state index contributed by atoms with van der Waals surface area (Å²) in [5.41, 5.74) is 0. The highest BCUT2D eigenvalue weighted by Crippen LogP contribution is 2.13. The molecule has 0 aromatic rings. The lowest BCUT2D eigenvalue weighted by Gasteiger charge is -2.12. The number of rotatable bonds is 4. The summed E-state index contributed by atoms with van der Waals surface area (Å²) in [7, 11) is 0. The molecule has 1 N–H and O–H groups in total. The molecule has 1 nitrogen and oxygen atoms in total. The Bertz CT molecular complexity index is 53.6. The lowest BCUT2D eigenvalue weighted by molar-refractivity contribution is 0.214. The molecule has 0 aromatic carbocycles. The van der Waals surface area contributed by atoms with E-state index in [9.17, 15) is 0 Å². The van der Waals surface area contributed by atoms with Crippen LogP contribution in [0.2, 0.25) is 0 Å². The van der Waals surface area contributed by atoms with Gasteiger partial charge in [-0.05, 0) is 18.3 Å². The summed E-state index contributed by atoms with van der Waals surface area (Å²) in [6.45, 7) is 6.84. The molecule has 1 heteroatoms.